The molecule has 1 fully saturated rings. The van der Waals surface area contributed by atoms with Crippen LogP contribution in [0.15, 0.2) is 42.5 Å². The molecule has 2 aliphatic heterocycles. The molecular formula is C31H44N2O9. The van der Waals surface area contributed by atoms with Crippen LogP contribution >= 0.6 is 0 Å². The van der Waals surface area contributed by atoms with Crippen LogP contribution in [0.2, 0.25) is 0 Å². The SMILES string of the molecule is COCCCN1CCOc2ccc(CO[C@H]3CN(C(=O)O)C[C@@H](OCCO)[C@@H]3c3ccc(COCCOC)cc3)cc21. The number of amides is 1. The number of aliphatic hydroxyl groups excluding tert-OH is 1. The van der Waals surface area contributed by atoms with Crippen molar-refractivity contribution in [3.05, 3.63) is 59.2 Å². The Morgan fingerprint density at radius 2 is 1.67 bits per heavy atom. The Morgan fingerprint density at radius 3 is 2.38 bits per heavy atom. The summed E-state index contributed by atoms with van der Waals surface area (Å²) in [6.07, 6.45) is -1.06. The summed E-state index contributed by atoms with van der Waals surface area (Å²) in [6.45, 7) is 5.16. The maximum Gasteiger partial charge on any atom is 0.407 e. The summed E-state index contributed by atoms with van der Waals surface area (Å²) in [4.78, 5) is 15.7. The quantitative estimate of drug-likeness (QED) is 0.283. The van der Waals surface area contributed by atoms with Gasteiger partial charge < -0.3 is 48.4 Å². The van der Waals surface area contributed by atoms with Crippen LogP contribution in [-0.2, 0) is 36.9 Å². The molecule has 2 N–H and O–H groups in total. The molecule has 0 spiro atoms. The lowest BCUT2D eigenvalue weighted by Gasteiger charge is -2.42. The molecule has 0 saturated carbocycles. The highest BCUT2D eigenvalue weighted by atomic mass is 16.5. The van der Waals surface area contributed by atoms with Gasteiger partial charge in [0, 0.05) is 33.3 Å². The zero-order valence-corrected chi connectivity index (χ0v) is 24.6. The van der Waals surface area contributed by atoms with Crippen molar-refractivity contribution in [1.29, 1.82) is 0 Å². The van der Waals surface area contributed by atoms with Gasteiger partial charge in [-0.2, -0.15) is 0 Å². The van der Waals surface area contributed by atoms with Gasteiger partial charge in [-0.3, -0.25) is 0 Å². The van der Waals surface area contributed by atoms with E-state index in [-0.39, 0.29) is 32.2 Å². The van der Waals surface area contributed by atoms with Crippen molar-refractivity contribution < 1.29 is 43.4 Å². The van der Waals surface area contributed by atoms with Gasteiger partial charge in [0.15, 0.2) is 0 Å². The fourth-order valence-electron chi connectivity index (χ4n) is 5.49. The first-order chi connectivity index (χ1) is 20.5. The number of rotatable bonds is 16. The molecule has 2 heterocycles. The lowest BCUT2D eigenvalue weighted by molar-refractivity contribution is -0.0933. The lowest BCUT2D eigenvalue weighted by atomic mass is 9.84. The van der Waals surface area contributed by atoms with Gasteiger partial charge in [0.05, 0.1) is 77.2 Å². The molecule has 232 valence electrons. The van der Waals surface area contributed by atoms with Crippen LogP contribution in [-0.4, -0.2) is 113 Å². The number of piperidine rings is 1. The van der Waals surface area contributed by atoms with E-state index in [9.17, 15) is 15.0 Å². The van der Waals surface area contributed by atoms with Gasteiger partial charge in [-0.25, -0.2) is 4.79 Å². The van der Waals surface area contributed by atoms with Gasteiger partial charge in [0.2, 0.25) is 0 Å². The van der Waals surface area contributed by atoms with Gasteiger partial charge in [-0.15, -0.1) is 0 Å². The van der Waals surface area contributed by atoms with Gasteiger partial charge in [-0.1, -0.05) is 30.3 Å². The van der Waals surface area contributed by atoms with Crippen LogP contribution in [0.5, 0.6) is 5.75 Å². The zero-order chi connectivity index (χ0) is 29.7. The maximum atomic E-state index is 12.0. The van der Waals surface area contributed by atoms with Crippen molar-refractivity contribution in [2.75, 3.05) is 84.9 Å². The van der Waals surface area contributed by atoms with Crippen LogP contribution in [0, 0.1) is 0 Å². The molecule has 0 unspecified atom stereocenters. The number of benzene rings is 2. The summed E-state index contributed by atoms with van der Waals surface area (Å²) >= 11 is 0. The van der Waals surface area contributed by atoms with E-state index in [0.29, 0.717) is 39.6 Å². The van der Waals surface area contributed by atoms with Gasteiger partial charge in [-0.05, 0) is 35.2 Å². The van der Waals surface area contributed by atoms with E-state index in [1.54, 1.807) is 14.2 Å². The first-order valence-electron chi connectivity index (χ1n) is 14.5. The number of hydrogen-bond donors (Lipinski definition) is 2. The number of carboxylic acid groups (broad SMARTS) is 1. The molecule has 0 aromatic heterocycles. The summed E-state index contributed by atoms with van der Waals surface area (Å²) in [5, 5.41) is 19.3. The van der Waals surface area contributed by atoms with E-state index in [1.807, 2.05) is 36.4 Å². The number of methoxy groups -OCH3 is 2. The number of anilines is 1. The van der Waals surface area contributed by atoms with Crippen molar-refractivity contribution in [3.8, 4) is 5.75 Å². The highest BCUT2D eigenvalue weighted by Gasteiger charge is 2.41. The smallest absolute Gasteiger partial charge is 0.407 e. The predicted octanol–water partition coefficient (Wildman–Crippen LogP) is 3.13. The van der Waals surface area contributed by atoms with E-state index in [4.69, 9.17) is 28.4 Å². The lowest BCUT2D eigenvalue weighted by Crippen LogP contribution is -2.54. The number of aliphatic hydroxyl groups is 1. The molecule has 0 radical (unpaired) electrons. The molecule has 2 aromatic rings. The highest BCUT2D eigenvalue weighted by Crippen LogP contribution is 2.36. The zero-order valence-electron chi connectivity index (χ0n) is 24.6. The molecule has 4 rings (SSSR count). The monoisotopic (exact) mass is 588 g/mol. The first-order valence-corrected chi connectivity index (χ1v) is 14.5. The molecule has 1 saturated heterocycles. The van der Waals surface area contributed by atoms with E-state index in [0.717, 1.165) is 47.6 Å². The average molecular weight is 589 g/mol. The minimum Gasteiger partial charge on any atom is -0.490 e. The summed E-state index contributed by atoms with van der Waals surface area (Å²) in [5.74, 6) is 0.612. The predicted molar refractivity (Wildman–Crippen MR) is 156 cm³/mol. The van der Waals surface area contributed by atoms with E-state index in [2.05, 4.69) is 11.0 Å². The number of fused-ring (bicyclic) bond motifs is 1. The van der Waals surface area contributed by atoms with Crippen LogP contribution in [0.4, 0.5) is 10.5 Å². The molecule has 3 atom stereocenters. The third-order valence-corrected chi connectivity index (χ3v) is 7.58. The maximum absolute atomic E-state index is 12.0. The Labute approximate surface area is 247 Å². The van der Waals surface area contributed by atoms with Crippen LogP contribution in [0.1, 0.15) is 29.0 Å². The van der Waals surface area contributed by atoms with Crippen molar-refractivity contribution >= 4 is 11.8 Å². The number of likely N-dealkylation sites (tertiary alicyclic amines) is 1. The standard InChI is InChI=1S/C31H44N2O9/c1-37-13-3-10-32-11-14-40-27-9-6-24(18-26(27)32)22-42-29-20-33(31(35)36)19-28(41-15-12-34)30(29)25-7-4-23(5-8-25)21-39-17-16-38-2/h4-9,18,28-30,34H,3,10-17,19-22H2,1-2H3,(H,35,36)/t28-,29+,30+/m1/s1. The summed E-state index contributed by atoms with van der Waals surface area (Å²) < 4.78 is 34.3. The molecule has 2 aromatic carbocycles. The largest absolute Gasteiger partial charge is 0.490 e. The Kier molecular flexibility index (Phi) is 12.7. The fourth-order valence-corrected chi connectivity index (χ4v) is 5.49. The molecule has 2 aliphatic rings. The molecule has 42 heavy (non-hydrogen) atoms. The third-order valence-electron chi connectivity index (χ3n) is 7.58. The molecule has 0 bridgehead atoms. The topological polar surface area (TPSA) is 119 Å². The summed E-state index contributed by atoms with van der Waals surface area (Å²) in [7, 11) is 3.35. The van der Waals surface area contributed by atoms with Crippen molar-refractivity contribution in [2.45, 2.75) is 37.8 Å². The molecule has 1 amide bonds. The minimum absolute atomic E-state index is 0.108. The average Bonchev–Trinajstić information content (AvgIpc) is 3.01. The molecule has 11 nitrogen and oxygen atoms in total. The van der Waals surface area contributed by atoms with Gasteiger partial charge in [0.1, 0.15) is 12.4 Å². The second-order valence-corrected chi connectivity index (χ2v) is 10.5. The van der Waals surface area contributed by atoms with E-state index in [1.165, 1.54) is 4.90 Å². The second kappa shape index (κ2) is 16.6. The minimum atomic E-state index is -1.03. The Hall–Kier alpha value is -2.93. The van der Waals surface area contributed by atoms with Gasteiger partial charge >= 0.3 is 6.09 Å². The number of ether oxygens (including phenoxy) is 6. The van der Waals surface area contributed by atoms with E-state index >= 15 is 0 Å². The van der Waals surface area contributed by atoms with E-state index < -0.39 is 18.3 Å². The van der Waals surface area contributed by atoms with Crippen LogP contribution in [0.25, 0.3) is 0 Å². The summed E-state index contributed by atoms with van der Waals surface area (Å²) in [5.41, 5.74) is 4.00. The fraction of sp³-hybridized carbons (Fsp3) is 0.581. The molecular weight excluding hydrogens is 544 g/mol. The van der Waals surface area contributed by atoms with Gasteiger partial charge in [0.25, 0.3) is 0 Å². The Balaban J connectivity index is 1.52. The Morgan fingerprint density at radius 1 is 0.929 bits per heavy atom. The highest BCUT2D eigenvalue weighted by molar-refractivity contribution is 5.65. The van der Waals surface area contributed by atoms with Crippen molar-refractivity contribution in [2.24, 2.45) is 0 Å². The second-order valence-electron chi connectivity index (χ2n) is 10.5. The number of carbonyl (C=O) groups is 1. The van der Waals surface area contributed by atoms with Crippen LogP contribution in [0.3, 0.4) is 0 Å². The number of hydrogen-bond acceptors (Lipinski definition) is 9. The summed E-state index contributed by atoms with van der Waals surface area (Å²) in [6, 6.07) is 14.1. The number of nitrogens with zero attached hydrogens (tertiary/aromatic N) is 2. The first kappa shape index (κ1) is 32.0. The van der Waals surface area contributed by atoms with Crippen LogP contribution < -0.4 is 9.64 Å². The van der Waals surface area contributed by atoms with Crippen molar-refractivity contribution in [1.82, 2.24) is 4.90 Å². The third kappa shape index (κ3) is 8.79. The normalized spacial score (nSPS) is 20.3. The Bertz CT molecular complexity index is 1100. The van der Waals surface area contributed by atoms with Crippen molar-refractivity contribution in [3.63, 3.8) is 0 Å². The molecule has 11 heteroatoms. The molecule has 0 aliphatic carbocycles.